The Balaban J connectivity index is 2.59. The van der Waals surface area contributed by atoms with Crippen LogP contribution in [0.3, 0.4) is 0 Å². The first-order valence-corrected chi connectivity index (χ1v) is 7.16. The molecule has 98 valence electrons. The molecule has 1 aliphatic rings. The van der Waals surface area contributed by atoms with E-state index in [4.69, 9.17) is 0 Å². The Bertz CT molecular complexity index is 265. The van der Waals surface area contributed by atoms with Gasteiger partial charge in [-0.15, -0.1) is 0 Å². The summed E-state index contributed by atoms with van der Waals surface area (Å²) in [6.45, 7) is 11.5. The Labute approximate surface area is 107 Å². The lowest BCUT2D eigenvalue weighted by Crippen LogP contribution is -2.39. The van der Waals surface area contributed by atoms with Gasteiger partial charge in [-0.25, -0.2) is 0 Å². The molecule has 1 N–H and O–H groups in total. The van der Waals surface area contributed by atoms with Gasteiger partial charge in [0.05, 0.1) is 0 Å². The molecule has 0 spiro atoms. The summed E-state index contributed by atoms with van der Waals surface area (Å²) < 4.78 is 0. The van der Waals surface area contributed by atoms with Crippen molar-refractivity contribution >= 4 is 0 Å². The highest BCUT2D eigenvalue weighted by Gasteiger charge is 2.32. The van der Waals surface area contributed by atoms with E-state index >= 15 is 0 Å². The van der Waals surface area contributed by atoms with Gasteiger partial charge in [-0.05, 0) is 24.8 Å². The largest absolute Gasteiger partial charge is 0.316 e. The number of hydrogen-bond acceptors (Lipinski definition) is 1. The van der Waals surface area contributed by atoms with Crippen molar-refractivity contribution in [3.63, 3.8) is 0 Å². The summed E-state index contributed by atoms with van der Waals surface area (Å²) in [5.74, 6) is 1.49. The molecule has 1 nitrogen and oxygen atoms in total. The minimum absolute atomic E-state index is 0.347. The Morgan fingerprint density at radius 3 is 2.53 bits per heavy atom. The first-order chi connectivity index (χ1) is 8.10. The third-order valence-electron chi connectivity index (χ3n) is 3.88. The van der Waals surface area contributed by atoms with E-state index in [1.165, 1.54) is 19.3 Å². The molecule has 0 aliphatic heterocycles. The summed E-state index contributed by atoms with van der Waals surface area (Å²) in [7, 11) is 0. The standard InChI is InChI=1S/C16H29N/c1-5-9-15(4)16(10-7-6-8-11-16)13-17-12-14(2)3/h6-8,10,14-15,17H,5,9,11-13H2,1-4H3. The third-order valence-corrected chi connectivity index (χ3v) is 3.88. The normalized spacial score (nSPS) is 25.5. The predicted octanol–water partition coefficient (Wildman–Crippen LogP) is 4.17. The molecule has 0 aromatic carbocycles. The van der Waals surface area contributed by atoms with Crippen LogP contribution in [0.1, 0.15) is 47.0 Å². The molecule has 0 aromatic rings. The SMILES string of the molecule is CCCC(C)C1(CNCC(C)C)C=CC=CC1. The average molecular weight is 235 g/mol. The van der Waals surface area contributed by atoms with Crippen LogP contribution in [0, 0.1) is 17.3 Å². The van der Waals surface area contributed by atoms with Crippen molar-refractivity contribution in [2.45, 2.75) is 47.0 Å². The molecular formula is C16H29N. The predicted molar refractivity (Wildman–Crippen MR) is 77.1 cm³/mol. The van der Waals surface area contributed by atoms with Crippen LogP contribution >= 0.6 is 0 Å². The zero-order valence-electron chi connectivity index (χ0n) is 12.0. The molecule has 1 aliphatic carbocycles. The van der Waals surface area contributed by atoms with Crippen LogP contribution in [-0.2, 0) is 0 Å². The van der Waals surface area contributed by atoms with Crippen LogP contribution in [0.15, 0.2) is 24.3 Å². The van der Waals surface area contributed by atoms with Crippen LogP contribution in [-0.4, -0.2) is 13.1 Å². The van der Waals surface area contributed by atoms with Gasteiger partial charge in [0.2, 0.25) is 0 Å². The molecule has 0 saturated carbocycles. The Hall–Kier alpha value is -0.560. The van der Waals surface area contributed by atoms with Crippen LogP contribution in [0.25, 0.3) is 0 Å². The second-order valence-electron chi connectivity index (χ2n) is 5.94. The molecule has 1 heteroatoms. The van der Waals surface area contributed by atoms with Gasteiger partial charge in [0.25, 0.3) is 0 Å². The molecule has 0 saturated heterocycles. The zero-order chi connectivity index (χ0) is 12.7. The molecule has 0 amide bonds. The molecule has 0 aromatic heterocycles. The maximum Gasteiger partial charge on any atom is 0.00698 e. The summed E-state index contributed by atoms with van der Waals surface area (Å²) in [6.07, 6.45) is 13.0. The van der Waals surface area contributed by atoms with E-state index in [2.05, 4.69) is 57.3 Å². The van der Waals surface area contributed by atoms with E-state index in [1.54, 1.807) is 0 Å². The fraction of sp³-hybridized carbons (Fsp3) is 0.750. The van der Waals surface area contributed by atoms with Crippen molar-refractivity contribution in [2.24, 2.45) is 17.3 Å². The molecule has 0 fully saturated rings. The summed E-state index contributed by atoms with van der Waals surface area (Å²) in [5, 5.41) is 3.65. The second kappa shape index (κ2) is 7.00. The molecule has 0 heterocycles. The number of rotatable bonds is 7. The Morgan fingerprint density at radius 2 is 2.00 bits per heavy atom. The first kappa shape index (κ1) is 14.5. The van der Waals surface area contributed by atoms with Crippen LogP contribution < -0.4 is 5.32 Å². The highest BCUT2D eigenvalue weighted by atomic mass is 14.9. The van der Waals surface area contributed by atoms with Crippen molar-refractivity contribution in [3.8, 4) is 0 Å². The summed E-state index contributed by atoms with van der Waals surface area (Å²) in [6, 6.07) is 0. The number of nitrogens with one attached hydrogen (secondary N) is 1. The maximum absolute atomic E-state index is 3.65. The summed E-state index contributed by atoms with van der Waals surface area (Å²) in [5.41, 5.74) is 0.347. The van der Waals surface area contributed by atoms with Gasteiger partial charge in [-0.3, -0.25) is 0 Å². The average Bonchev–Trinajstić information content (AvgIpc) is 2.30. The van der Waals surface area contributed by atoms with E-state index in [0.717, 1.165) is 24.9 Å². The smallest absolute Gasteiger partial charge is 0.00698 e. The zero-order valence-corrected chi connectivity index (χ0v) is 12.0. The number of hydrogen-bond donors (Lipinski definition) is 1. The van der Waals surface area contributed by atoms with E-state index in [1.807, 2.05) is 0 Å². The van der Waals surface area contributed by atoms with Crippen molar-refractivity contribution in [3.05, 3.63) is 24.3 Å². The molecule has 17 heavy (non-hydrogen) atoms. The highest BCUT2D eigenvalue weighted by molar-refractivity contribution is 5.18. The molecule has 0 bridgehead atoms. The fourth-order valence-corrected chi connectivity index (χ4v) is 2.67. The van der Waals surface area contributed by atoms with Gasteiger partial charge < -0.3 is 5.32 Å². The maximum atomic E-state index is 3.65. The van der Waals surface area contributed by atoms with E-state index in [0.29, 0.717) is 5.41 Å². The molecule has 0 radical (unpaired) electrons. The van der Waals surface area contributed by atoms with Crippen LogP contribution in [0.4, 0.5) is 0 Å². The Morgan fingerprint density at radius 1 is 1.24 bits per heavy atom. The van der Waals surface area contributed by atoms with Gasteiger partial charge in [-0.1, -0.05) is 64.8 Å². The van der Waals surface area contributed by atoms with Gasteiger partial charge in [-0.2, -0.15) is 0 Å². The van der Waals surface area contributed by atoms with Crippen molar-refractivity contribution in [2.75, 3.05) is 13.1 Å². The molecule has 2 unspecified atom stereocenters. The van der Waals surface area contributed by atoms with E-state index in [9.17, 15) is 0 Å². The molecule has 1 rings (SSSR count). The van der Waals surface area contributed by atoms with Crippen molar-refractivity contribution in [1.29, 1.82) is 0 Å². The van der Waals surface area contributed by atoms with Crippen LogP contribution in [0.5, 0.6) is 0 Å². The van der Waals surface area contributed by atoms with Gasteiger partial charge in [0.1, 0.15) is 0 Å². The van der Waals surface area contributed by atoms with Gasteiger partial charge in [0, 0.05) is 12.0 Å². The molecular weight excluding hydrogens is 206 g/mol. The van der Waals surface area contributed by atoms with Gasteiger partial charge >= 0.3 is 0 Å². The Kier molecular flexibility index (Phi) is 5.97. The first-order valence-electron chi connectivity index (χ1n) is 7.16. The minimum Gasteiger partial charge on any atom is -0.316 e. The summed E-state index contributed by atoms with van der Waals surface area (Å²) in [4.78, 5) is 0. The second-order valence-corrected chi connectivity index (χ2v) is 5.94. The summed E-state index contributed by atoms with van der Waals surface area (Å²) >= 11 is 0. The monoisotopic (exact) mass is 235 g/mol. The van der Waals surface area contributed by atoms with E-state index in [-0.39, 0.29) is 0 Å². The number of allylic oxidation sites excluding steroid dienone is 3. The van der Waals surface area contributed by atoms with E-state index < -0.39 is 0 Å². The third kappa shape index (κ3) is 4.31. The van der Waals surface area contributed by atoms with Crippen LogP contribution in [0.2, 0.25) is 0 Å². The lowest BCUT2D eigenvalue weighted by Gasteiger charge is -2.38. The fourth-order valence-electron chi connectivity index (χ4n) is 2.67. The topological polar surface area (TPSA) is 12.0 Å². The van der Waals surface area contributed by atoms with Crippen molar-refractivity contribution in [1.82, 2.24) is 5.32 Å². The lowest BCUT2D eigenvalue weighted by molar-refractivity contribution is 0.219. The van der Waals surface area contributed by atoms with Crippen molar-refractivity contribution < 1.29 is 0 Å². The lowest BCUT2D eigenvalue weighted by atomic mass is 9.70. The minimum atomic E-state index is 0.347. The quantitative estimate of drug-likeness (QED) is 0.698. The highest BCUT2D eigenvalue weighted by Crippen LogP contribution is 2.38. The van der Waals surface area contributed by atoms with Gasteiger partial charge in [0.15, 0.2) is 0 Å². The molecule has 2 atom stereocenters.